The Bertz CT molecular complexity index is 1090. The van der Waals surface area contributed by atoms with E-state index in [0.29, 0.717) is 17.1 Å². The highest BCUT2D eigenvalue weighted by atomic mass is 32.2. The summed E-state index contributed by atoms with van der Waals surface area (Å²) in [5.74, 6) is 1.60. The number of benzene rings is 2. The summed E-state index contributed by atoms with van der Waals surface area (Å²) in [5, 5.41) is 1.31. The minimum Gasteiger partial charge on any atom is -0.492 e. The predicted molar refractivity (Wildman–Crippen MR) is 131 cm³/mol. The summed E-state index contributed by atoms with van der Waals surface area (Å²) in [6.45, 7) is 3.93. The summed E-state index contributed by atoms with van der Waals surface area (Å²) < 4.78 is 12.8. The Labute approximate surface area is 196 Å². The number of pyridine rings is 1. The van der Waals surface area contributed by atoms with E-state index in [-0.39, 0.29) is 0 Å². The molecule has 1 fully saturated rings. The number of fused-ring (bicyclic) bond motifs is 1. The lowest BCUT2D eigenvalue weighted by atomic mass is 10.1. The van der Waals surface area contributed by atoms with Crippen molar-refractivity contribution in [3.05, 3.63) is 72.9 Å². The smallest absolute Gasteiger partial charge is 0.281 e. The van der Waals surface area contributed by atoms with Gasteiger partial charge in [-0.3, -0.25) is 4.90 Å². The van der Waals surface area contributed by atoms with E-state index in [1.165, 1.54) is 29.1 Å². The zero-order chi connectivity index (χ0) is 21.6. The van der Waals surface area contributed by atoms with Gasteiger partial charge in [-0.2, -0.15) is 4.98 Å². The molecule has 1 aliphatic heterocycles. The molecular formula is C25H25N3O2S2. The Balaban J connectivity index is 1.04. The molecule has 3 heterocycles. The lowest BCUT2D eigenvalue weighted by Gasteiger charge is -2.31. The van der Waals surface area contributed by atoms with E-state index < -0.39 is 0 Å². The average molecular weight is 464 g/mol. The molecule has 0 spiro atoms. The van der Waals surface area contributed by atoms with Gasteiger partial charge in [0.1, 0.15) is 18.1 Å². The van der Waals surface area contributed by atoms with Crippen LogP contribution in [0.1, 0.15) is 12.8 Å². The first kappa shape index (κ1) is 21.2. The second kappa shape index (κ2) is 10.3. The van der Waals surface area contributed by atoms with Gasteiger partial charge in [-0.15, -0.1) is 11.8 Å². The van der Waals surface area contributed by atoms with Crippen molar-refractivity contribution < 1.29 is 9.47 Å². The Kier molecular flexibility index (Phi) is 6.86. The molecule has 0 unspecified atom stereocenters. The first-order valence-corrected chi connectivity index (χ1v) is 12.6. The maximum atomic E-state index is 5.96. The lowest BCUT2D eigenvalue weighted by molar-refractivity contribution is 0.185. The Morgan fingerprint density at radius 2 is 1.72 bits per heavy atom. The first-order chi connectivity index (χ1) is 15.8. The van der Waals surface area contributed by atoms with Crippen LogP contribution in [0.4, 0.5) is 0 Å². The number of ether oxygens (including phenoxy) is 2. The Morgan fingerprint density at radius 3 is 2.50 bits per heavy atom. The highest BCUT2D eigenvalue weighted by Gasteiger charge is 2.19. The van der Waals surface area contributed by atoms with Crippen molar-refractivity contribution in [2.24, 2.45) is 0 Å². The van der Waals surface area contributed by atoms with Gasteiger partial charge in [0, 0.05) is 22.9 Å². The van der Waals surface area contributed by atoms with E-state index in [4.69, 9.17) is 9.47 Å². The van der Waals surface area contributed by atoms with E-state index in [0.717, 1.165) is 41.5 Å². The van der Waals surface area contributed by atoms with Gasteiger partial charge in [0.05, 0.1) is 4.70 Å². The van der Waals surface area contributed by atoms with Gasteiger partial charge < -0.3 is 9.47 Å². The maximum absolute atomic E-state index is 5.96. The van der Waals surface area contributed by atoms with Crippen LogP contribution in [0.15, 0.2) is 77.8 Å². The summed E-state index contributed by atoms with van der Waals surface area (Å²) in [6, 6.07) is 22.4. The van der Waals surface area contributed by atoms with Gasteiger partial charge in [0.25, 0.3) is 5.19 Å². The molecule has 0 radical (unpaired) electrons. The molecule has 7 heteroatoms. The number of nitrogens with zero attached hydrogens (tertiary/aromatic N) is 3. The van der Waals surface area contributed by atoms with Crippen molar-refractivity contribution in [3.63, 3.8) is 0 Å². The van der Waals surface area contributed by atoms with Gasteiger partial charge in [0.2, 0.25) is 0 Å². The quantitative estimate of drug-likeness (QED) is 0.314. The van der Waals surface area contributed by atoms with Gasteiger partial charge in [-0.25, -0.2) is 4.98 Å². The van der Waals surface area contributed by atoms with Crippen LogP contribution in [0.5, 0.6) is 16.7 Å². The average Bonchev–Trinajstić information content (AvgIpc) is 3.24. The molecular weight excluding hydrogens is 438 g/mol. The van der Waals surface area contributed by atoms with Gasteiger partial charge in [-0.1, -0.05) is 29.5 Å². The van der Waals surface area contributed by atoms with Gasteiger partial charge >= 0.3 is 0 Å². The van der Waals surface area contributed by atoms with E-state index in [1.807, 2.05) is 48.2 Å². The molecule has 0 N–H and O–H groups in total. The van der Waals surface area contributed by atoms with Crippen LogP contribution in [-0.4, -0.2) is 46.4 Å². The summed E-state index contributed by atoms with van der Waals surface area (Å²) in [5.41, 5.74) is 0.718. The van der Waals surface area contributed by atoms with E-state index in [2.05, 4.69) is 45.2 Å². The fourth-order valence-corrected chi connectivity index (χ4v) is 5.67. The summed E-state index contributed by atoms with van der Waals surface area (Å²) in [7, 11) is 0. The van der Waals surface area contributed by atoms with Gasteiger partial charge in [-0.05, 0) is 74.5 Å². The number of aromatic nitrogens is 2. The molecule has 1 aliphatic rings. The molecule has 5 nitrogen and oxygen atoms in total. The second-order valence-electron chi connectivity index (χ2n) is 7.70. The molecule has 5 rings (SSSR count). The number of piperidine rings is 1. The van der Waals surface area contributed by atoms with Crippen molar-refractivity contribution in [2.75, 3.05) is 26.2 Å². The van der Waals surface area contributed by atoms with Crippen LogP contribution in [0.3, 0.4) is 0 Å². The normalized spacial score (nSPS) is 15.1. The molecule has 2 aromatic carbocycles. The molecule has 0 atom stereocenters. The molecule has 0 amide bonds. The number of rotatable bonds is 8. The second-order valence-corrected chi connectivity index (χ2v) is 10.1. The minimum atomic E-state index is 0.598. The zero-order valence-electron chi connectivity index (χ0n) is 17.7. The van der Waals surface area contributed by atoms with E-state index in [1.54, 1.807) is 6.20 Å². The molecule has 2 aromatic heterocycles. The van der Waals surface area contributed by atoms with E-state index >= 15 is 0 Å². The largest absolute Gasteiger partial charge is 0.492 e. The highest BCUT2D eigenvalue weighted by molar-refractivity contribution is 8.00. The summed E-state index contributed by atoms with van der Waals surface area (Å²) in [6.07, 6.45) is 4.20. The third-order valence-corrected chi connectivity index (χ3v) is 7.67. The van der Waals surface area contributed by atoms with Crippen LogP contribution in [0, 0.1) is 0 Å². The fraction of sp³-hybridized carbons (Fsp3) is 0.280. The summed E-state index contributed by atoms with van der Waals surface area (Å²) >= 11 is 3.51. The Morgan fingerprint density at radius 1 is 0.938 bits per heavy atom. The molecule has 1 saturated heterocycles. The molecule has 32 heavy (non-hydrogen) atoms. The maximum Gasteiger partial charge on any atom is 0.281 e. The van der Waals surface area contributed by atoms with Crippen molar-refractivity contribution in [2.45, 2.75) is 23.0 Å². The van der Waals surface area contributed by atoms with Crippen molar-refractivity contribution >= 4 is 33.4 Å². The number of thiazole rings is 1. The third-order valence-electron chi connectivity index (χ3n) is 5.43. The monoisotopic (exact) mass is 463 g/mol. The third kappa shape index (κ3) is 5.59. The van der Waals surface area contributed by atoms with Crippen molar-refractivity contribution in [1.82, 2.24) is 14.9 Å². The van der Waals surface area contributed by atoms with Crippen LogP contribution < -0.4 is 9.47 Å². The minimum absolute atomic E-state index is 0.598. The van der Waals surface area contributed by atoms with Gasteiger partial charge in [0.15, 0.2) is 5.65 Å². The van der Waals surface area contributed by atoms with Crippen LogP contribution in [-0.2, 0) is 0 Å². The zero-order valence-corrected chi connectivity index (χ0v) is 19.4. The predicted octanol–water partition coefficient (Wildman–Crippen LogP) is 6.12. The number of hydrogen-bond donors (Lipinski definition) is 0. The molecule has 0 bridgehead atoms. The van der Waals surface area contributed by atoms with Crippen LogP contribution >= 0.6 is 23.1 Å². The lowest BCUT2D eigenvalue weighted by Crippen LogP contribution is -2.37. The molecule has 0 saturated carbocycles. The van der Waals surface area contributed by atoms with Crippen LogP contribution in [0.2, 0.25) is 0 Å². The molecule has 164 valence electrons. The van der Waals surface area contributed by atoms with E-state index in [9.17, 15) is 0 Å². The van der Waals surface area contributed by atoms with Crippen LogP contribution in [0.25, 0.3) is 10.3 Å². The first-order valence-electron chi connectivity index (χ1n) is 10.9. The Hall–Kier alpha value is -2.61. The number of hydrogen-bond acceptors (Lipinski definition) is 7. The van der Waals surface area contributed by atoms with Crippen molar-refractivity contribution in [1.29, 1.82) is 0 Å². The SMILES string of the molecule is c1ccc(SC2CCN(CCOc3ccc(Oc4nc5ncccc5s4)cc3)CC2)cc1. The molecule has 4 aromatic rings. The summed E-state index contributed by atoms with van der Waals surface area (Å²) in [4.78, 5) is 12.5. The topological polar surface area (TPSA) is 47.5 Å². The molecule has 0 aliphatic carbocycles. The highest BCUT2D eigenvalue weighted by Crippen LogP contribution is 2.31. The number of likely N-dealkylation sites (tertiary alicyclic amines) is 1. The van der Waals surface area contributed by atoms with Crippen molar-refractivity contribution in [3.8, 4) is 16.7 Å². The standard InChI is InChI=1S/C25H25N3O2S2/c1-2-5-21(6-3-1)31-22-12-15-28(16-13-22)17-18-29-19-8-10-20(11-9-19)30-25-27-24-23(32-25)7-4-14-26-24/h1-11,14,22H,12-13,15-18H2. The number of thioether (sulfide) groups is 1. The fourth-order valence-electron chi connectivity index (χ4n) is 3.73.